The smallest absolute Gasteiger partial charge is 0.0380 e. The molecule has 12 heavy (non-hydrogen) atoms. The van der Waals surface area contributed by atoms with E-state index < -0.39 is 0 Å². The Morgan fingerprint density at radius 2 is 1.25 bits per heavy atom. The van der Waals surface area contributed by atoms with Crippen LogP contribution < -0.4 is 0 Å². The monoisotopic (exact) mass is 170 g/mol. The summed E-state index contributed by atoms with van der Waals surface area (Å²) in [5.41, 5.74) is 0. The second kappa shape index (κ2) is 6.51. The molecular formula is C12H26. The van der Waals surface area contributed by atoms with Gasteiger partial charge in [-0.05, 0) is 37.0 Å². The lowest BCUT2D eigenvalue weighted by atomic mass is 10.1. The molecule has 0 spiro atoms. The SMILES string of the molecule is CC.CC1CC2CC2C1.CCC. The summed E-state index contributed by atoms with van der Waals surface area (Å²) >= 11 is 0. The van der Waals surface area contributed by atoms with Crippen LogP contribution in [0.15, 0.2) is 0 Å². The van der Waals surface area contributed by atoms with Crippen LogP contribution in [0.25, 0.3) is 0 Å². The molecule has 0 heteroatoms. The highest BCUT2D eigenvalue weighted by Crippen LogP contribution is 2.53. The van der Waals surface area contributed by atoms with Gasteiger partial charge in [0.1, 0.15) is 0 Å². The minimum atomic E-state index is 1.07. The molecule has 0 aromatic rings. The van der Waals surface area contributed by atoms with Gasteiger partial charge in [-0.2, -0.15) is 0 Å². The highest BCUT2D eigenvalue weighted by molar-refractivity contribution is 4.94. The first-order valence-corrected chi connectivity index (χ1v) is 5.77. The van der Waals surface area contributed by atoms with E-state index in [1.54, 1.807) is 19.3 Å². The van der Waals surface area contributed by atoms with E-state index in [4.69, 9.17) is 0 Å². The molecule has 0 amide bonds. The predicted molar refractivity (Wildman–Crippen MR) is 57.3 cm³/mol. The molecule has 0 aromatic carbocycles. The van der Waals surface area contributed by atoms with Crippen LogP contribution in [0.2, 0.25) is 0 Å². The highest BCUT2D eigenvalue weighted by Gasteiger charge is 2.43. The molecule has 2 fully saturated rings. The number of rotatable bonds is 0. The summed E-state index contributed by atoms with van der Waals surface area (Å²) in [7, 11) is 0. The van der Waals surface area contributed by atoms with Crippen LogP contribution in [0, 0.1) is 17.8 Å². The zero-order valence-electron chi connectivity index (χ0n) is 9.56. The van der Waals surface area contributed by atoms with Crippen LogP contribution in [-0.4, -0.2) is 0 Å². The quantitative estimate of drug-likeness (QED) is 0.502. The fourth-order valence-electron chi connectivity index (χ4n) is 2.02. The Morgan fingerprint density at radius 3 is 1.42 bits per heavy atom. The maximum Gasteiger partial charge on any atom is -0.0380 e. The summed E-state index contributed by atoms with van der Waals surface area (Å²) in [6.45, 7) is 10.6. The molecule has 2 atom stereocenters. The van der Waals surface area contributed by atoms with Crippen molar-refractivity contribution < 1.29 is 0 Å². The largest absolute Gasteiger partial charge is 0.0683 e. The zero-order chi connectivity index (χ0) is 9.56. The van der Waals surface area contributed by atoms with E-state index in [1.807, 2.05) is 13.8 Å². The second-order valence-electron chi connectivity index (χ2n) is 4.04. The maximum atomic E-state index is 2.38. The molecule has 2 rings (SSSR count). The van der Waals surface area contributed by atoms with E-state index >= 15 is 0 Å². The van der Waals surface area contributed by atoms with Gasteiger partial charge >= 0.3 is 0 Å². The van der Waals surface area contributed by atoms with E-state index in [9.17, 15) is 0 Å². The molecule has 0 radical (unpaired) electrons. The summed E-state index contributed by atoms with van der Waals surface area (Å²) in [4.78, 5) is 0. The first-order chi connectivity index (χ1) is 5.77. The van der Waals surface area contributed by atoms with Crippen molar-refractivity contribution in [2.75, 3.05) is 0 Å². The molecule has 0 aliphatic heterocycles. The van der Waals surface area contributed by atoms with Gasteiger partial charge in [-0.1, -0.05) is 41.0 Å². The topological polar surface area (TPSA) is 0 Å². The van der Waals surface area contributed by atoms with Gasteiger partial charge in [0.05, 0.1) is 0 Å². The third kappa shape index (κ3) is 4.13. The van der Waals surface area contributed by atoms with Crippen molar-refractivity contribution in [3.05, 3.63) is 0 Å². The van der Waals surface area contributed by atoms with Gasteiger partial charge in [-0.25, -0.2) is 0 Å². The first kappa shape index (κ1) is 12.0. The van der Waals surface area contributed by atoms with Crippen molar-refractivity contribution in [1.82, 2.24) is 0 Å². The maximum absolute atomic E-state index is 2.38. The summed E-state index contributed by atoms with van der Waals surface area (Å²) in [6, 6.07) is 0. The van der Waals surface area contributed by atoms with Gasteiger partial charge < -0.3 is 0 Å². The van der Waals surface area contributed by atoms with E-state index in [0.29, 0.717) is 0 Å². The molecule has 0 N–H and O–H groups in total. The van der Waals surface area contributed by atoms with Gasteiger partial charge in [-0.3, -0.25) is 0 Å². The average Bonchev–Trinajstić information content (AvgIpc) is 2.65. The molecular weight excluding hydrogens is 144 g/mol. The van der Waals surface area contributed by atoms with Crippen LogP contribution in [0.3, 0.4) is 0 Å². The second-order valence-corrected chi connectivity index (χ2v) is 4.04. The Kier molecular flexibility index (Phi) is 6.51. The van der Waals surface area contributed by atoms with Crippen LogP contribution in [0.4, 0.5) is 0 Å². The van der Waals surface area contributed by atoms with Crippen molar-refractivity contribution in [2.24, 2.45) is 17.8 Å². The van der Waals surface area contributed by atoms with Crippen LogP contribution in [0.5, 0.6) is 0 Å². The van der Waals surface area contributed by atoms with Crippen molar-refractivity contribution in [1.29, 1.82) is 0 Å². The van der Waals surface area contributed by atoms with Crippen LogP contribution in [0.1, 0.15) is 60.3 Å². The van der Waals surface area contributed by atoms with Crippen molar-refractivity contribution in [2.45, 2.75) is 60.3 Å². The average molecular weight is 170 g/mol. The summed E-state index contributed by atoms with van der Waals surface area (Å²) in [6.07, 6.45) is 5.92. The fourth-order valence-corrected chi connectivity index (χ4v) is 2.02. The van der Waals surface area contributed by atoms with Crippen LogP contribution in [-0.2, 0) is 0 Å². The molecule has 0 saturated heterocycles. The van der Waals surface area contributed by atoms with Gasteiger partial charge in [0, 0.05) is 0 Å². The van der Waals surface area contributed by atoms with E-state index in [1.165, 1.54) is 18.3 Å². The third-order valence-electron chi connectivity index (χ3n) is 2.48. The molecule has 0 aromatic heterocycles. The van der Waals surface area contributed by atoms with Gasteiger partial charge in [0.15, 0.2) is 0 Å². The first-order valence-electron chi connectivity index (χ1n) is 5.77. The van der Waals surface area contributed by atoms with Gasteiger partial charge in [0.25, 0.3) is 0 Å². The minimum Gasteiger partial charge on any atom is -0.0683 e. The third-order valence-corrected chi connectivity index (χ3v) is 2.48. The Bertz CT molecular complexity index is 86.2. The molecule has 0 nitrogen and oxygen atoms in total. The molecule has 0 bridgehead atoms. The molecule has 2 aliphatic carbocycles. The van der Waals surface area contributed by atoms with Crippen molar-refractivity contribution in [3.63, 3.8) is 0 Å². The highest BCUT2D eigenvalue weighted by atomic mass is 14.5. The lowest BCUT2D eigenvalue weighted by Crippen LogP contribution is -1.86. The Balaban J connectivity index is 0.000000211. The summed E-state index contributed by atoms with van der Waals surface area (Å²) < 4.78 is 0. The van der Waals surface area contributed by atoms with Crippen molar-refractivity contribution >= 4 is 0 Å². The Hall–Kier alpha value is 0. The van der Waals surface area contributed by atoms with E-state index in [-0.39, 0.29) is 0 Å². The normalized spacial score (nSPS) is 35.2. The van der Waals surface area contributed by atoms with E-state index in [0.717, 1.165) is 5.92 Å². The zero-order valence-corrected chi connectivity index (χ0v) is 9.56. The minimum absolute atomic E-state index is 1.07. The van der Waals surface area contributed by atoms with Gasteiger partial charge in [-0.15, -0.1) is 0 Å². The molecule has 0 heterocycles. The Morgan fingerprint density at radius 1 is 0.917 bits per heavy atom. The summed E-state index contributed by atoms with van der Waals surface area (Å²) in [5, 5.41) is 0. The standard InChI is InChI=1S/C7H12.C3H8.C2H6/c1-5-2-6-4-7(6)3-5;1-3-2;1-2/h5-7H,2-4H2,1H3;3H2,1-2H3;1-2H3. The van der Waals surface area contributed by atoms with E-state index in [2.05, 4.69) is 20.8 Å². The Labute approximate surface area is 78.8 Å². The predicted octanol–water partition coefficient (Wildman–Crippen LogP) is 4.49. The number of hydrogen-bond donors (Lipinski definition) is 0. The molecule has 74 valence electrons. The van der Waals surface area contributed by atoms with Crippen LogP contribution >= 0.6 is 0 Å². The lowest BCUT2D eigenvalue weighted by molar-refractivity contribution is 0.535. The molecule has 2 saturated carbocycles. The van der Waals surface area contributed by atoms with Gasteiger partial charge in [0.2, 0.25) is 0 Å². The lowest BCUT2D eigenvalue weighted by Gasteiger charge is -1.98. The number of fused-ring (bicyclic) bond motifs is 1. The fraction of sp³-hybridized carbons (Fsp3) is 1.00. The molecule has 2 aliphatic rings. The summed E-state index contributed by atoms with van der Waals surface area (Å²) in [5.74, 6) is 3.45. The molecule has 2 unspecified atom stereocenters. The number of hydrogen-bond acceptors (Lipinski definition) is 0. The van der Waals surface area contributed by atoms with Crippen molar-refractivity contribution in [3.8, 4) is 0 Å².